The van der Waals surface area contributed by atoms with Gasteiger partial charge in [-0.2, -0.15) is 4.31 Å². The van der Waals surface area contributed by atoms with Crippen LogP contribution in [0.5, 0.6) is 0 Å². The van der Waals surface area contributed by atoms with E-state index in [0.29, 0.717) is 30.8 Å². The number of ether oxygens (including phenoxy) is 1. The number of nitrogens with zero attached hydrogens (tertiary/aromatic N) is 1. The Morgan fingerprint density at radius 3 is 2.45 bits per heavy atom. The van der Waals surface area contributed by atoms with E-state index in [9.17, 15) is 8.42 Å². The predicted octanol–water partition coefficient (Wildman–Crippen LogP) is 1.80. The molecule has 1 saturated heterocycles. The lowest BCUT2D eigenvalue weighted by Gasteiger charge is -2.37. The molecule has 1 aromatic rings. The minimum Gasteiger partial charge on any atom is -0.381 e. The molecule has 2 unspecified atom stereocenters. The van der Waals surface area contributed by atoms with Crippen LogP contribution in [0.3, 0.4) is 0 Å². The molecule has 0 radical (unpaired) electrons. The topological polar surface area (TPSA) is 72.6 Å². The maximum atomic E-state index is 12.8. The molecule has 0 spiro atoms. The standard InChI is InChI=1S/C15H24N2O3S.ClH/c1-3-12-4-6-15(7-5-12)21(18,19)17-9-8-14(20-2)10-13(17)11-16;/h4-7,13-14H,3,8-11,16H2,1-2H3;1H. The van der Waals surface area contributed by atoms with Gasteiger partial charge in [0.05, 0.1) is 11.0 Å². The molecule has 7 heteroatoms. The molecular weight excluding hydrogens is 324 g/mol. The van der Waals surface area contributed by atoms with Gasteiger partial charge in [0, 0.05) is 26.2 Å². The third-order valence-electron chi connectivity index (χ3n) is 4.16. The Balaban J connectivity index is 0.00000242. The molecule has 1 fully saturated rings. The summed E-state index contributed by atoms with van der Waals surface area (Å²) >= 11 is 0. The first-order valence-electron chi connectivity index (χ1n) is 7.36. The smallest absolute Gasteiger partial charge is 0.243 e. The molecule has 5 nitrogen and oxygen atoms in total. The van der Waals surface area contributed by atoms with Crippen molar-refractivity contribution in [2.45, 2.75) is 43.2 Å². The highest BCUT2D eigenvalue weighted by molar-refractivity contribution is 7.89. The summed E-state index contributed by atoms with van der Waals surface area (Å²) in [5, 5.41) is 0. The van der Waals surface area contributed by atoms with Gasteiger partial charge in [0.25, 0.3) is 0 Å². The molecule has 2 rings (SSSR count). The third kappa shape index (κ3) is 4.00. The van der Waals surface area contributed by atoms with Crippen LogP contribution in [0.4, 0.5) is 0 Å². The number of methoxy groups -OCH3 is 1. The van der Waals surface area contributed by atoms with Crippen LogP contribution in [0.2, 0.25) is 0 Å². The second kappa shape index (κ2) is 8.26. The molecule has 1 aliphatic heterocycles. The molecule has 1 heterocycles. The normalized spacial score (nSPS) is 23.0. The molecule has 0 saturated carbocycles. The van der Waals surface area contributed by atoms with Crippen molar-refractivity contribution in [1.82, 2.24) is 4.31 Å². The summed E-state index contributed by atoms with van der Waals surface area (Å²) in [5.74, 6) is 0. The van der Waals surface area contributed by atoms with E-state index >= 15 is 0 Å². The molecule has 2 atom stereocenters. The Morgan fingerprint density at radius 1 is 1.32 bits per heavy atom. The van der Waals surface area contributed by atoms with Crippen molar-refractivity contribution in [1.29, 1.82) is 0 Å². The summed E-state index contributed by atoms with van der Waals surface area (Å²) in [6.07, 6.45) is 2.34. The van der Waals surface area contributed by atoms with Gasteiger partial charge in [0.2, 0.25) is 10.0 Å². The third-order valence-corrected chi connectivity index (χ3v) is 6.12. The van der Waals surface area contributed by atoms with Crippen LogP contribution in [-0.2, 0) is 21.2 Å². The van der Waals surface area contributed by atoms with Crippen molar-refractivity contribution >= 4 is 22.4 Å². The number of nitrogens with two attached hydrogens (primary N) is 1. The monoisotopic (exact) mass is 348 g/mol. The number of aryl methyl sites for hydroxylation is 1. The Bertz CT molecular complexity index is 563. The molecule has 2 N–H and O–H groups in total. The van der Waals surface area contributed by atoms with Crippen molar-refractivity contribution in [3.05, 3.63) is 29.8 Å². The first kappa shape index (κ1) is 19.4. The van der Waals surface area contributed by atoms with Gasteiger partial charge < -0.3 is 10.5 Å². The lowest BCUT2D eigenvalue weighted by molar-refractivity contribution is 0.0401. The minimum absolute atomic E-state index is 0. The van der Waals surface area contributed by atoms with E-state index in [1.807, 2.05) is 19.1 Å². The zero-order chi connectivity index (χ0) is 15.5. The summed E-state index contributed by atoms with van der Waals surface area (Å²) in [6, 6.07) is 6.91. The molecular formula is C15H25ClN2O3S. The van der Waals surface area contributed by atoms with Crippen LogP contribution in [0, 0.1) is 0 Å². The molecule has 1 aliphatic rings. The highest BCUT2D eigenvalue weighted by atomic mass is 35.5. The van der Waals surface area contributed by atoms with E-state index in [0.717, 1.165) is 12.0 Å². The molecule has 0 amide bonds. The summed E-state index contributed by atoms with van der Waals surface area (Å²) in [7, 11) is -1.82. The van der Waals surface area contributed by atoms with Gasteiger partial charge in [-0.05, 0) is 37.0 Å². The molecule has 1 aromatic carbocycles. The summed E-state index contributed by atoms with van der Waals surface area (Å²) in [6.45, 7) is 2.81. The van der Waals surface area contributed by atoms with Crippen molar-refractivity contribution in [3.63, 3.8) is 0 Å². The first-order chi connectivity index (χ1) is 10.0. The second-order valence-corrected chi connectivity index (χ2v) is 7.28. The van der Waals surface area contributed by atoms with E-state index in [2.05, 4.69) is 0 Å². The van der Waals surface area contributed by atoms with Crippen molar-refractivity contribution < 1.29 is 13.2 Å². The van der Waals surface area contributed by atoms with E-state index in [-0.39, 0.29) is 24.6 Å². The number of hydrogen-bond donors (Lipinski definition) is 1. The number of rotatable bonds is 5. The van der Waals surface area contributed by atoms with Crippen LogP contribution in [-0.4, -0.2) is 45.1 Å². The van der Waals surface area contributed by atoms with Gasteiger partial charge in [-0.1, -0.05) is 19.1 Å². The quantitative estimate of drug-likeness (QED) is 0.880. The van der Waals surface area contributed by atoms with Crippen molar-refractivity contribution in [2.75, 3.05) is 20.2 Å². The zero-order valence-electron chi connectivity index (χ0n) is 13.1. The molecule has 0 aliphatic carbocycles. The Morgan fingerprint density at radius 2 is 1.95 bits per heavy atom. The van der Waals surface area contributed by atoms with Crippen LogP contribution in [0.25, 0.3) is 0 Å². The number of halogens is 1. The number of hydrogen-bond acceptors (Lipinski definition) is 4. The molecule has 0 bridgehead atoms. The van der Waals surface area contributed by atoms with Gasteiger partial charge in [-0.25, -0.2) is 8.42 Å². The average Bonchev–Trinajstić information content (AvgIpc) is 2.54. The van der Waals surface area contributed by atoms with E-state index in [1.165, 1.54) is 4.31 Å². The predicted molar refractivity (Wildman–Crippen MR) is 89.8 cm³/mol. The summed E-state index contributed by atoms with van der Waals surface area (Å²) < 4.78 is 32.4. The van der Waals surface area contributed by atoms with Gasteiger partial charge in [-0.3, -0.25) is 0 Å². The fraction of sp³-hybridized carbons (Fsp3) is 0.600. The molecule has 126 valence electrons. The average molecular weight is 349 g/mol. The zero-order valence-corrected chi connectivity index (χ0v) is 14.7. The fourth-order valence-electron chi connectivity index (χ4n) is 2.77. The summed E-state index contributed by atoms with van der Waals surface area (Å²) in [4.78, 5) is 0.342. The van der Waals surface area contributed by atoms with Gasteiger partial charge in [0.1, 0.15) is 0 Å². The number of benzene rings is 1. The van der Waals surface area contributed by atoms with Crippen LogP contribution in [0.15, 0.2) is 29.2 Å². The van der Waals surface area contributed by atoms with Crippen LogP contribution in [0.1, 0.15) is 25.3 Å². The molecule has 0 aromatic heterocycles. The Labute approximate surface area is 139 Å². The lowest BCUT2D eigenvalue weighted by Crippen LogP contribution is -2.51. The summed E-state index contributed by atoms with van der Waals surface area (Å²) in [5.41, 5.74) is 6.90. The maximum Gasteiger partial charge on any atom is 0.243 e. The van der Waals surface area contributed by atoms with Crippen molar-refractivity contribution in [2.24, 2.45) is 5.73 Å². The minimum atomic E-state index is -3.48. The second-order valence-electron chi connectivity index (χ2n) is 5.38. The highest BCUT2D eigenvalue weighted by Gasteiger charge is 2.36. The van der Waals surface area contributed by atoms with E-state index in [4.69, 9.17) is 10.5 Å². The van der Waals surface area contributed by atoms with E-state index < -0.39 is 10.0 Å². The molecule has 22 heavy (non-hydrogen) atoms. The highest BCUT2D eigenvalue weighted by Crippen LogP contribution is 2.26. The van der Waals surface area contributed by atoms with Gasteiger partial charge in [-0.15, -0.1) is 12.4 Å². The fourth-order valence-corrected chi connectivity index (χ4v) is 4.43. The lowest BCUT2D eigenvalue weighted by atomic mass is 10.0. The largest absolute Gasteiger partial charge is 0.381 e. The van der Waals surface area contributed by atoms with Crippen molar-refractivity contribution in [3.8, 4) is 0 Å². The van der Waals surface area contributed by atoms with E-state index in [1.54, 1.807) is 19.2 Å². The van der Waals surface area contributed by atoms with Crippen LogP contribution < -0.4 is 5.73 Å². The number of sulfonamides is 1. The first-order valence-corrected chi connectivity index (χ1v) is 8.80. The van der Waals surface area contributed by atoms with Gasteiger partial charge in [0.15, 0.2) is 0 Å². The Hall–Kier alpha value is -0.660. The Kier molecular flexibility index (Phi) is 7.28. The maximum absolute atomic E-state index is 12.8. The van der Waals surface area contributed by atoms with Gasteiger partial charge >= 0.3 is 0 Å². The van der Waals surface area contributed by atoms with Crippen LogP contribution >= 0.6 is 12.4 Å². The number of piperidine rings is 1. The SMILES string of the molecule is CCc1ccc(S(=O)(=O)N2CCC(OC)CC2CN)cc1.Cl.